The van der Waals surface area contributed by atoms with Gasteiger partial charge in [0.2, 0.25) is 5.95 Å². The number of amides is 1. The van der Waals surface area contributed by atoms with Crippen molar-refractivity contribution in [1.29, 1.82) is 0 Å². The van der Waals surface area contributed by atoms with Gasteiger partial charge in [-0.15, -0.1) is 5.10 Å². The molecule has 0 saturated heterocycles. The van der Waals surface area contributed by atoms with Crippen molar-refractivity contribution in [2.75, 3.05) is 10.6 Å². The van der Waals surface area contributed by atoms with Gasteiger partial charge in [0.1, 0.15) is 17.6 Å². The lowest BCUT2D eigenvalue weighted by molar-refractivity contribution is -0.113. The molecule has 1 amide bonds. The highest BCUT2D eigenvalue weighted by Crippen LogP contribution is 2.38. The van der Waals surface area contributed by atoms with Gasteiger partial charge in [-0.3, -0.25) is 4.79 Å². The molecule has 2 N–H and O–H groups in total. The molecule has 0 saturated carbocycles. The third kappa shape index (κ3) is 4.01. The molecular weight excluding hydrogens is 461 g/mol. The molecule has 0 bridgehead atoms. The number of carbonyl (C=O) groups is 1. The van der Waals surface area contributed by atoms with Gasteiger partial charge in [-0.25, -0.2) is 4.68 Å². The zero-order valence-corrected chi connectivity index (χ0v) is 19.3. The zero-order valence-electron chi connectivity index (χ0n) is 17.8. The first-order chi connectivity index (χ1) is 15.9. The molecule has 2 aromatic carbocycles. The molecule has 9 heteroatoms. The quantitative estimate of drug-likeness (QED) is 0.370. The van der Waals surface area contributed by atoms with E-state index >= 15 is 0 Å². The summed E-state index contributed by atoms with van der Waals surface area (Å²) < 4.78 is 7.60. The number of nitrogens with one attached hydrogen (secondary N) is 2. The van der Waals surface area contributed by atoms with Crippen molar-refractivity contribution >= 4 is 40.7 Å². The number of fused-ring (bicyclic) bond motifs is 1. The number of allylic oxidation sites excluding steroid dienone is 1. The van der Waals surface area contributed by atoms with Gasteiger partial charge in [0.05, 0.1) is 15.6 Å². The van der Waals surface area contributed by atoms with Crippen molar-refractivity contribution < 1.29 is 9.21 Å². The average molecular weight is 480 g/mol. The first-order valence-electron chi connectivity index (χ1n) is 10.2. The van der Waals surface area contributed by atoms with E-state index in [1.54, 1.807) is 22.9 Å². The maximum Gasteiger partial charge on any atom is 0.256 e. The van der Waals surface area contributed by atoms with Gasteiger partial charge in [-0.05, 0) is 56.3 Å². The predicted octanol–water partition coefficient (Wildman–Crippen LogP) is 6.08. The Hall–Kier alpha value is -3.55. The highest BCUT2D eigenvalue weighted by Gasteiger charge is 2.36. The van der Waals surface area contributed by atoms with Gasteiger partial charge in [0.25, 0.3) is 5.91 Å². The molecule has 1 atom stereocenters. The first-order valence-corrected chi connectivity index (χ1v) is 11.0. The van der Waals surface area contributed by atoms with Crippen LogP contribution in [0.25, 0.3) is 11.4 Å². The Kier molecular flexibility index (Phi) is 5.44. The Morgan fingerprint density at radius 3 is 2.55 bits per heavy atom. The number of hydrogen-bond donors (Lipinski definition) is 2. The van der Waals surface area contributed by atoms with E-state index in [2.05, 4.69) is 15.6 Å². The number of hydrogen-bond acceptors (Lipinski definition) is 5. The summed E-state index contributed by atoms with van der Waals surface area (Å²) in [6, 6.07) is 17.6. The van der Waals surface area contributed by atoms with E-state index in [9.17, 15) is 4.79 Å². The zero-order chi connectivity index (χ0) is 23.1. The van der Waals surface area contributed by atoms with Crippen LogP contribution in [0.4, 0.5) is 11.6 Å². The molecule has 0 aliphatic carbocycles. The number of para-hydroxylation sites is 1. The number of rotatable bonds is 4. The van der Waals surface area contributed by atoms with E-state index in [1.165, 1.54) is 0 Å². The lowest BCUT2D eigenvalue weighted by atomic mass is 10.00. The van der Waals surface area contributed by atoms with E-state index in [4.69, 9.17) is 32.7 Å². The fourth-order valence-corrected chi connectivity index (χ4v) is 4.08. The Bertz CT molecular complexity index is 1390. The van der Waals surface area contributed by atoms with Crippen LogP contribution in [0.15, 0.2) is 76.4 Å². The number of aryl methyl sites for hydroxylation is 1. The monoisotopic (exact) mass is 479 g/mol. The minimum absolute atomic E-state index is 0.262. The SMILES string of the molecule is CC1=C(C(=O)Nc2ccccc2)C(c2ccc(C)o2)n2nc(-c3ccc(Cl)c(Cl)c3)nc2N1. The van der Waals surface area contributed by atoms with Gasteiger partial charge in [0, 0.05) is 16.9 Å². The lowest BCUT2D eigenvalue weighted by Crippen LogP contribution is -2.31. The van der Waals surface area contributed by atoms with Crippen LogP contribution < -0.4 is 10.6 Å². The molecule has 2 aromatic heterocycles. The summed E-state index contributed by atoms with van der Waals surface area (Å²) in [6.45, 7) is 3.69. The number of aromatic nitrogens is 3. The van der Waals surface area contributed by atoms with Crippen LogP contribution in [-0.4, -0.2) is 20.7 Å². The average Bonchev–Trinajstić information content (AvgIpc) is 3.41. The van der Waals surface area contributed by atoms with Crippen LogP contribution in [0.1, 0.15) is 24.5 Å². The Morgan fingerprint density at radius 2 is 1.85 bits per heavy atom. The summed E-state index contributed by atoms with van der Waals surface area (Å²) in [5.41, 5.74) is 2.53. The second-order valence-corrected chi connectivity index (χ2v) is 8.48. The number of furan rings is 1. The predicted molar refractivity (Wildman–Crippen MR) is 128 cm³/mol. The van der Waals surface area contributed by atoms with Gasteiger partial charge >= 0.3 is 0 Å². The smallest absolute Gasteiger partial charge is 0.256 e. The Morgan fingerprint density at radius 1 is 1.06 bits per heavy atom. The maximum atomic E-state index is 13.4. The molecule has 0 radical (unpaired) electrons. The van der Waals surface area contributed by atoms with Crippen LogP contribution >= 0.6 is 23.2 Å². The van der Waals surface area contributed by atoms with Gasteiger partial charge < -0.3 is 15.1 Å². The fraction of sp³-hybridized carbons (Fsp3) is 0.125. The van der Waals surface area contributed by atoms with E-state index in [1.807, 2.05) is 56.3 Å². The first kappa shape index (κ1) is 21.3. The lowest BCUT2D eigenvalue weighted by Gasteiger charge is -2.27. The second-order valence-electron chi connectivity index (χ2n) is 7.67. The fourth-order valence-electron chi connectivity index (χ4n) is 3.79. The third-order valence-electron chi connectivity index (χ3n) is 5.34. The number of anilines is 2. The molecule has 1 unspecified atom stereocenters. The third-order valence-corrected chi connectivity index (χ3v) is 6.08. The molecule has 166 valence electrons. The summed E-state index contributed by atoms with van der Waals surface area (Å²) in [5.74, 6) is 1.99. The van der Waals surface area contributed by atoms with Crippen molar-refractivity contribution in [3.63, 3.8) is 0 Å². The van der Waals surface area contributed by atoms with Crippen LogP contribution in [0.3, 0.4) is 0 Å². The highest BCUT2D eigenvalue weighted by atomic mass is 35.5. The van der Waals surface area contributed by atoms with Crippen molar-refractivity contribution in [3.8, 4) is 11.4 Å². The van der Waals surface area contributed by atoms with E-state index in [-0.39, 0.29) is 5.91 Å². The van der Waals surface area contributed by atoms with E-state index in [0.717, 1.165) is 5.76 Å². The van der Waals surface area contributed by atoms with E-state index < -0.39 is 6.04 Å². The van der Waals surface area contributed by atoms with Crippen LogP contribution in [-0.2, 0) is 4.79 Å². The molecule has 4 aromatic rings. The van der Waals surface area contributed by atoms with Gasteiger partial charge in [-0.2, -0.15) is 4.98 Å². The van der Waals surface area contributed by atoms with Crippen LogP contribution in [0, 0.1) is 6.92 Å². The minimum atomic E-state index is -0.609. The number of nitrogens with zero attached hydrogens (tertiary/aromatic N) is 3. The standard InChI is InChI=1S/C24H19Cl2N5O2/c1-13-8-11-19(33-13)21-20(23(32)28-16-6-4-3-5-7-16)14(2)27-24-29-22(30-31(21)24)15-9-10-17(25)18(26)12-15/h3-12,21H,1-2H3,(H,28,32)(H,27,29,30). The molecule has 1 aliphatic heterocycles. The molecule has 0 fully saturated rings. The normalized spacial score (nSPS) is 15.2. The molecule has 33 heavy (non-hydrogen) atoms. The topological polar surface area (TPSA) is 85.0 Å². The molecule has 7 nitrogen and oxygen atoms in total. The van der Waals surface area contributed by atoms with Crippen molar-refractivity contribution in [2.24, 2.45) is 0 Å². The Balaban J connectivity index is 1.59. The largest absolute Gasteiger partial charge is 0.464 e. The molecular formula is C24H19Cl2N5O2. The minimum Gasteiger partial charge on any atom is -0.464 e. The van der Waals surface area contributed by atoms with Crippen molar-refractivity contribution in [2.45, 2.75) is 19.9 Å². The van der Waals surface area contributed by atoms with Gasteiger partial charge in [0.15, 0.2) is 5.82 Å². The number of carbonyl (C=O) groups excluding carboxylic acids is 1. The van der Waals surface area contributed by atoms with Crippen LogP contribution in [0.2, 0.25) is 10.0 Å². The molecule has 0 spiro atoms. The number of halogens is 2. The van der Waals surface area contributed by atoms with Crippen molar-refractivity contribution in [3.05, 3.63) is 93.5 Å². The van der Waals surface area contributed by atoms with Crippen molar-refractivity contribution in [1.82, 2.24) is 14.8 Å². The Labute approximate surface area is 200 Å². The number of benzene rings is 2. The summed E-state index contributed by atoms with van der Waals surface area (Å²) >= 11 is 12.3. The van der Waals surface area contributed by atoms with E-state index in [0.29, 0.717) is 50.1 Å². The summed E-state index contributed by atoms with van der Waals surface area (Å²) in [4.78, 5) is 18.0. The summed E-state index contributed by atoms with van der Waals surface area (Å²) in [7, 11) is 0. The highest BCUT2D eigenvalue weighted by molar-refractivity contribution is 6.42. The maximum absolute atomic E-state index is 13.4. The molecule has 1 aliphatic rings. The summed E-state index contributed by atoms with van der Waals surface area (Å²) in [6.07, 6.45) is 0. The summed E-state index contributed by atoms with van der Waals surface area (Å²) in [5, 5.41) is 11.7. The van der Waals surface area contributed by atoms with Crippen LogP contribution in [0.5, 0.6) is 0 Å². The van der Waals surface area contributed by atoms with Gasteiger partial charge in [-0.1, -0.05) is 41.4 Å². The second kappa shape index (κ2) is 8.42. The molecule has 5 rings (SSSR count). The molecule has 3 heterocycles.